The maximum atomic E-state index is 13.6. The summed E-state index contributed by atoms with van der Waals surface area (Å²) in [6, 6.07) is 3.64. The number of aromatic hydroxyl groups is 2. The van der Waals surface area contributed by atoms with Crippen molar-refractivity contribution in [3.63, 3.8) is 0 Å². The van der Waals surface area contributed by atoms with Gasteiger partial charge in [0.15, 0.2) is 17.9 Å². The number of ketones is 3. The molecule has 0 bridgehead atoms. The normalized spacial score (nSPS) is 27.0. The van der Waals surface area contributed by atoms with Gasteiger partial charge in [0.2, 0.25) is 5.78 Å². The van der Waals surface area contributed by atoms with Crippen molar-refractivity contribution in [2.45, 2.75) is 62.4 Å². The Labute approximate surface area is 268 Å². The van der Waals surface area contributed by atoms with E-state index < -0.39 is 112 Å². The van der Waals surface area contributed by atoms with Gasteiger partial charge in [-0.2, -0.15) is 0 Å². The number of aliphatic hydroxyl groups is 3. The fraction of sp³-hybridized carbons (Fsp3) is 0.444. The first-order valence-corrected chi connectivity index (χ1v) is 18.3. The molecule has 6 atom stereocenters. The second-order valence-electron chi connectivity index (χ2n) is 10.2. The standard InChI is InChI=1S/C27H29NO11.2ClH.2H3N.Pt/c1-10-22(31)13(28)6-17(38-10)39-15-8-27(36,16(30)9-29)7-12-19(15)26(35)21-20(24(12)33)23(32)11-4-3-5-14(37-2)18(11)25(21)34;;;;;/h3-5,10,13,15,17,22,29,31,33,35-36H,6-9,28H2,1-2H3;2*1H;2*1H3;/q;;;;;+2/p-2/t10-,13-,15-,17-,22+,27-;;;;;/m0...../s1. The fourth-order valence-corrected chi connectivity index (χ4v) is 5.75. The van der Waals surface area contributed by atoms with Crippen LogP contribution in [-0.4, -0.2) is 86.7 Å². The molecular weight excluding hydrogens is 808 g/mol. The van der Waals surface area contributed by atoms with E-state index in [4.69, 9.17) is 38.8 Å². The minimum atomic E-state index is -2.24. The molecular formula is C27H35Cl2N3O11Pt. The molecule has 14 nitrogen and oxygen atoms in total. The summed E-state index contributed by atoms with van der Waals surface area (Å²) in [6.07, 6.45) is -5.12. The summed E-state index contributed by atoms with van der Waals surface area (Å²) in [7, 11) is 11.1. The fourth-order valence-electron chi connectivity index (χ4n) is 5.75. The number of phenols is 2. The number of hydrogen-bond acceptors (Lipinski definition) is 14. The molecule has 248 valence electrons. The van der Waals surface area contributed by atoms with Crippen LogP contribution in [0.2, 0.25) is 0 Å². The van der Waals surface area contributed by atoms with Crippen LogP contribution in [0, 0.1) is 0 Å². The zero-order valence-corrected chi connectivity index (χ0v) is 27.5. The zero-order chi connectivity index (χ0) is 31.1. The van der Waals surface area contributed by atoms with Crippen LogP contribution in [0.5, 0.6) is 17.2 Å². The van der Waals surface area contributed by atoms with Crippen molar-refractivity contribution in [3.05, 3.63) is 51.6 Å². The van der Waals surface area contributed by atoms with Crippen molar-refractivity contribution in [3.8, 4) is 17.2 Å². The first-order chi connectivity index (χ1) is 19.8. The molecule has 0 amide bonds. The van der Waals surface area contributed by atoms with Crippen LogP contribution in [0.4, 0.5) is 0 Å². The summed E-state index contributed by atoms with van der Waals surface area (Å²) in [6.45, 7) is 0.560. The number of rotatable bonds is 5. The van der Waals surface area contributed by atoms with Crippen LogP contribution in [0.15, 0.2) is 18.2 Å². The molecule has 1 saturated heterocycles. The van der Waals surface area contributed by atoms with E-state index in [2.05, 4.69) is 0 Å². The molecule has 0 saturated carbocycles. The number of hydrogen-bond donors (Lipinski definition) is 8. The summed E-state index contributed by atoms with van der Waals surface area (Å²) in [4.78, 5) is 39.7. The Hall–Kier alpha value is -2.20. The molecule has 44 heavy (non-hydrogen) atoms. The van der Waals surface area contributed by atoms with Gasteiger partial charge < -0.3 is 57.8 Å². The number of aliphatic hydroxyl groups excluding tert-OH is 2. The second kappa shape index (κ2) is 14.9. The Morgan fingerprint density at radius 2 is 1.75 bits per heavy atom. The van der Waals surface area contributed by atoms with Crippen molar-refractivity contribution >= 4 is 36.2 Å². The Balaban J connectivity index is 0.00000130. The van der Waals surface area contributed by atoms with Crippen LogP contribution in [0.25, 0.3) is 0 Å². The van der Waals surface area contributed by atoms with Crippen molar-refractivity contribution in [2.24, 2.45) is 5.73 Å². The molecule has 1 aliphatic heterocycles. The Morgan fingerprint density at radius 3 is 2.32 bits per heavy atom. The van der Waals surface area contributed by atoms with Gasteiger partial charge in [0, 0.05) is 42.0 Å². The van der Waals surface area contributed by atoms with Crippen LogP contribution < -0.4 is 22.8 Å². The number of phenolic OH excluding ortho intramolecular Hbond substituents is 2. The topological polar surface area (TPSA) is 276 Å². The maximum absolute atomic E-state index is 13.6. The molecule has 0 unspecified atom stereocenters. The number of methoxy groups -OCH3 is 1. The summed E-state index contributed by atoms with van der Waals surface area (Å²) in [5.74, 6) is -3.77. The summed E-state index contributed by atoms with van der Waals surface area (Å²) in [5.41, 5.74) is 2.37. The SMILES string of the molecule is COc1cccc2c1C(=O)c1c(O)c3c(c(O)c1C2=O)C[C@@](O)(C(=O)CO)C[C@@H]3O[C@H]1C[C@H](N)[C@H](O)[C@H](C)O1.N.N.[Cl][Pt][Cl]. The van der Waals surface area contributed by atoms with Gasteiger partial charge in [-0.25, -0.2) is 0 Å². The van der Waals surface area contributed by atoms with Crippen LogP contribution >= 0.6 is 18.8 Å². The summed E-state index contributed by atoms with van der Waals surface area (Å²) < 4.78 is 17.0. The van der Waals surface area contributed by atoms with E-state index in [9.17, 15) is 39.9 Å². The molecule has 3 aliphatic rings. The van der Waals surface area contributed by atoms with Gasteiger partial charge in [-0.3, -0.25) is 14.4 Å². The van der Waals surface area contributed by atoms with Crippen LogP contribution in [-0.2, 0) is 37.2 Å². The monoisotopic (exact) mass is 842 g/mol. The molecule has 1 fully saturated rings. The third kappa shape index (κ3) is 6.53. The molecule has 1 heterocycles. The molecule has 17 heteroatoms. The number of ether oxygens (including phenoxy) is 3. The molecule has 2 aromatic carbocycles. The summed E-state index contributed by atoms with van der Waals surface area (Å²) in [5, 5.41) is 53.7. The van der Waals surface area contributed by atoms with Gasteiger partial charge in [0.25, 0.3) is 0 Å². The number of halogens is 2. The molecule has 5 rings (SSSR count). The zero-order valence-electron chi connectivity index (χ0n) is 23.7. The second-order valence-corrected chi connectivity index (χ2v) is 13.5. The van der Waals surface area contributed by atoms with Crippen molar-refractivity contribution in [1.82, 2.24) is 12.3 Å². The van der Waals surface area contributed by atoms with Gasteiger partial charge >= 0.3 is 35.3 Å². The third-order valence-electron chi connectivity index (χ3n) is 7.81. The van der Waals surface area contributed by atoms with Gasteiger partial charge in [-0.1, -0.05) is 12.1 Å². The van der Waals surface area contributed by atoms with Crippen molar-refractivity contribution < 1.29 is 70.6 Å². The van der Waals surface area contributed by atoms with E-state index in [-0.39, 0.29) is 46.7 Å². The third-order valence-corrected chi connectivity index (χ3v) is 7.81. The minimum absolute atomic E-state index is 0. The molecule has 0 radical (unpaired) electrons. The predicted molar refractivity (Wildman–Crippen MR) is 154 cm³/mol. The van der Waals surface area contributed by atoms with E-state index >= 15 is 0 Å². The number of Topliss-reactive ketones (excluding diaryl/α,β-unsaturated/α-hetero) is 1. The molecule has 2 aliphatic carbocycles. The number of carbonyl (C=O) groups excluding carboxylic acids is 3. The average molecular weight is 844 g/mol. The number of benzene rings is 2. The van der Waals surface area contributed by atoms with Gasteiger partial charge in [-0.15, -0.1) is 0 Å². The number of nitrogens with two attached hydrogens (primary N) is 1. The quantitative estimate of drug-likeness (QED) is 0.170. The Kier molecular flexibility index (Phi) is 12.9. The van der Waals surface area contributed by atoms with Crippen LogP contribution in [0.1, 0.15) is 68.8 Å². The van der Waals surface area contributed by atoms with E-state index in [1.807, 2.05) is 0 Å². The van der Waals surface area contributed by atoms with Crippen molar-refractivity contribution in [1.29, 1.82) is 0 Å². The average Bonchev–Trinajstić information content (AvgIpc) is 2.95. The first kappa shape index (κ1) is 38.0. The van der Waals surface area contributed by atoms with Crippen molar-refractivity contribution in [2.75, 3.05) is 13.7 Å². The van der Waals surface area contributed by atoms with Gasteiger partial charge in [-0.05, 0) is 13.0 Å². The number of carbonyl (C=O) groups is 3. The van der Waals surface area contributed by atoms with Gasteiger partial charge in [0.05, 0.1) is 42.1 Å². The molecule has 13 N–H and O–H groups in total. The van der Waals surface area contributed by atoms with Crippen LogP contribution in [0.3, 0.4) is 0 Å². The number of fused-ring (bicyclic) bond motifs is 3. The first-order valence-electron chi connectivity index (χ1n) is 12.7. The summed E-state index contributed by atoms with van der Waals surface area (Å²) >= 11 is -0.472. The Bertz CT molecular complexity index is 1420. The van der Waals surface area contributed by atoms with Gasteiger partial charge in [0.1, 0.15) is 29.5 Å². The molecule has 0 spiro atoms. The van der Waals surface area contributed by atoms with E-state index in [0.717, 1.165) is 0 Å². The predicted octanol–water partition coefficient (Wildman–Crippen LogP) is 1.70. The Morgan fingerprint density at radius 1 is 1.14 bits per heavy atom. The molecule has 0 aromatic heterocycles. The van der Waals surface area contributed by atoms with E-state index in [1.54, 1.807) is 6.92 Å². The van der Waals surface area contributed by atoms with E-state index in [0.29, 0.717) is 0 Å². The van der Waals surface area contributed by atoms with E-state index in [1.165, 1.54) is 25.3 Å². The molecule has 2 aromatic rings.